The van der Waals surface area contributed by atoms with E-state index in [0.29, 0.717) is 0 Å². The predicted octanol–water partition coefficient (Wildman–Crippen LogP) is 4.68. The van der Waals surface area contributed by atoms with E-state index in [2.05, 4.69) is 44.9 Å². The van der Waals surface area contributed by atoms with Gasteiger partial charge >= 0.3 is 0 Å². The molecule has 1 fully saturated rings. The van der Waals surface area contributed by atoms with Gasteiger partial charge in [-0.2, -0.15) is 0 Å². The van der Waals surface area contributed by atoms with E-state index in [0.717, 1.165) is 42.2 Å². The lowest BCUT2D eigenvalue weighted by Gasteiger charge is -2.23. The number of ether oxygens (including phenoxy) is 1. The first-order valence-corrected chi connectivity index (χ1v) is 8.74. The van der Waals surface area contributed by atoms with Crippen molar-refractivity contribution in [3.05, 3.63) is 78.1 Å². The van der Waals surface area contributed by atoms with E-state index >= 15 is 0 Å². The van der Waals surface area contributed by atoms with Gasteiger partial charge in [0.1, 0.15) is 11.9 Å². The Morgan fingerprint density at radius 1 is 0.960 bits per heavy atom. The summed E-state index contributed by atoms with van der Waals surface area (Å²) in [7, 11) is 0. The van der Waals surface area contributed by atoms with Gasteiger partial charge in [0.15, 0.2) is 0 Å². The van der Waals surface area contributed by atoms with Crippen LogP contribution in [0.1, 0.15) is 42.4 Å². The fourth-order valence-electron chi connectivity index (χ4n) is 3.12. The van der Waals surface area contributed by atoms with Crippen LogP contribution in [-0.2, 0) is 4.74 Å². The third-order valence-corrected chi connectivity index (χ3v) is 4.44. The van der Waals surface area contributed by atoms with Gasteiger partial charge < -0.3 is 9.30 Å². The van der Waals surface area contributed by atoms with E-state index in [4.69, 9.17) is 4.74 Å². The van der Waals surface area contributed by atoms with Gasteiger partial charge in [0.25, 0.3) is 0 Å². The molecule has 25 heavy (non-hydrogen) atoms. The average Bonchev–Trinajstić information content (AvgIpc) is 3.18. The van der Waals surface area contributed by atoms with Crippen LogP contribution < -0.4 is 0 Å². The van der Waals surface area contributed by atoms with Gasteiger partial charge in [0.2, 0.25) is 0 Å². The zero-order valence-corrected chi connectivity index (χ0v) is 14.1. The third-order valence-electron chi connectivity index (χ3n) is 4.44. The summed E-state index contributed by atoms with van der Waals surface area (Å²) >= 11 is 0. The van der Waals surface area contributed by atoms with Crippen LogP contribution in [0.2, 0.25) is 0 Å². The van der Waals surface area contributed by atoms with E-state index in [1.165, 1.54) is 6.42 Å². The highest BCUT2D eigenvalue weighted by atomic mass is 16.5. The Morgan fingerprint density at radius 2 is 1.88 bits per heavy atom. The van der Waals surface area contributed by atoms with Crippen LogP contribution in [0, 0.1) is 0 Å². The van der Waals surface area contributed by atoms with Crippen LogP contribution in [-0.4, -0.2) is 21.1 Å². The van der Waals surface area contributed by atoms with Crippen LogP contribution in [0.4, 0.5) is 0 Å². The molecule has 0 spiro atoms. The molecule has 0 N–H and O–H groups in total. The van der Waals surface area contributed by atoms with E-state index in [9.17, 15) is 0 Å². The van der Waals surface area contributed by atoms with Crippen LogP contribution in [0.15, 0.2) is 61.1 Å². The Hall–Kier alpha value is -2.72. The maximum atomic E-state index is 5.89. The number of rotatable bonds is 4. The van der Waals surface area contributed by atoms with E-state index in [1.807, 2.05) is 36.7 Å². The lowest BCUT2D eigenvalue weighted by Crippen LogP contribution is -2.15. The molecule has 3 aromatic rings. The Balaban J connectivity index is 1.53. The highest BCUT2D eigenvalue weighted by Gasteiger charge is 2.21. The van der Waals surface area contributed by atoms with Crippen molar-refractivity contribution >= 4 is 12.2 Å². The molecule has 126 valence electrons. The maximum Gasteiger partial charge on any atom is 0.142 e. The standard InChI is InChI=1S/C21H21N3O/c1-3-13-22-18(5-1)10-7-17-8-11-19(12-9-17)24-15-14-23-21(24)20-6-2-4-16-25-20/h1,3,5,7-15,20H,2,4,6,16H2/b10-7+. The smallest absolute Gasteiger partial charge is 0.142 e. The Labute approximate surface area is 147 Å². The van der Waals surface area contributed by atoms with Crippen molar-refractivity contribution in [1.82, 2.24) is 14.5 Å². The lowest BCUT2D eigenvalue weighted by atomic mass is 10.1. The second-order valence-corrected chi connectivity index (χ2v) is 6.19. The summed E-state index contributed by atoms with van der Waals surface area (Å²) in [6.45, 7) is 0.828. The highest BCUT2D eigenvalue weighted by Crippen LogP contribution is 2.28. The number of aromatic nitrogens is 3. The molecular formula is C21H21N3O. The number of hydrogen-bond donors (Lipinski definition) is 0. The number of benzene rings is 1. The molecule has 1 aliphatic rings. The van der Waals surface area contributed by atoms with Gasteiger partial charge in [0.05, 0.1) is 5.69 Å². The fourth-order valence-corrected chi connectivity index (χ4v) is 3.12. The molecule has 1 aromatic carbocycles. The summed E-state index contributed by atoms with van der Waals surface area (Å²) in [5, 5.41) is 0. The summed E-state index contributed by atoms with van der Waals surface area (Å²) in [6.07, 6.45) is 13.3. The van der Waals surface area contributed by atoms with Crippen molar-refractivity contribution in [3.63, 3.8) is 0 Å². The SMILES string of the molecule is C(=C\c1ccccn1)/c1ccc(-n2ccnc2C2CCCCO2)cc1. The number of nitrogens with zero attached hydrogens (tertiary/aromatic N) is 3. The quantitative estimate of drug-likeness (QED) is 0.697. The second-order valence-electron chi connectivity index (χ2n) is 6.19. The molecule has 0 saturated carbocycles. The zero-order chi connectivity index (χ0) is 16.9. The largest absolute Gasteiger partial charge is 0.370 e. The van der Waals surface area contributed by atoms with Gasteiger partial charge in [-0.3, -0.25) is 4.98 Å². The molecule has 1 saturated heterocycles. The zero-order valence-electron chi connectivity index (χ0n) is 14.1. The van der Waals surface area contributed by atoms with Crippen LogP contribution >= 0.6 is 0 Å². The lowest BCUT2D eigenvalue weighted by molar-refractivity contribution is 0.00865. The van der Waals surface area contributed by atoms with Crippen molar-refractivity contribution < 1.29 is 4.74 Å². The molecule has 1 unspecified atom stereocenters. The molecule has 2 aromatic heterocycles. The minimum Gasteiger partial charge on any atom is -0.370 e. The van der Waals surface area contributed by atoms with Gasteiger partial charge in [-0.25, -0.2) is 4.98 Å². The molecule has 3 heterocycles. The molecular weight excluding hydrogens is 310 g/mol. The molecule has 0 amide bonds. The Bertz CT molecular complexity index is 831. The minimum atomic E-state index is 0.104. The molecule has 1 aliphatic heterocycles. The minimum absolute atomic E-state index is 0.104. The average molecular weight is 331 g/mol. The second kappa shape index (κ2) is 7.45. The summed E-state index contributed by atoms with van der Waals surface area (Å²) in [5.74, 6) is 0.997. The molecule has 0 bridgehead atoms. The van der Waals surface area contributed by atoms with E-state index in [-0.39, 0.29) is 6.10 Å². The number of pyridine rings is 1. The summed E-state index contributed by atoms with van der Waals surface area (Å²) in [5.41, 5.74) is 3.21. The Morgan fingerprint density at radius 3 is 2.64 bits per heavy atom. The predicted molar refractivity (Wildman–Crippen MR) is 99.3 cm³/mol. The molecule has 4 nitrogen and oxygen atoms in total. The first kappa shape index (κ1) is 15.8. The van der Waals surface area contributed by atoms with Gasteiger partial charge in [-0.05, 0) is 55.2 Å². The van der Waals surface area contributed by atoms with Crippen molar-refractivity contribution in [3.8, 4) is 5.69 Å². The van der Waals surface area contributed by atoms with Crippen molar-refractivity contribution in [1.29, 1.82) is 0 Å². The van der Waals surface area contributed by atoms with Crippen molar-refractivity contribution in [2.45, 2.75) is 25.4 Å². The first-order valence-electron chi connectivity index (χ1n) is 8.74. The van der Waals surface area contributed by atoms with Crippen LogP contribution in [0.5, 0.6) is 0 Å². The highest BCUT2D eigenvalue weighted by molar-refractivity contribution is 5.68. The number of hydrogen-bond acceptors (Lipinski definition) is 3. The Kier molecular flexibility index (Phi) is 4.70. The molecule has 0 radical (unpaired) electrons. The van der Waals surface area contributed by atoms with Crippen LogP contribution in [0.3, 0.4) is 0 Å². The fraction of sp³-hybridized carbons (Fsp3) is 0.238. The van der Waals surface area contributed by atoms with Crippen molar-refractivity contribution in [2.75, 3.05) is 6.61 Å². The summed E-state index contributed by atoms with van der Waals surface area (Å²) in [6, 6.07) is 14.4. The maximum absolute atomic E-state index is 5.89. The first-order chi connectivity index (χ1) is 12.4. The van der Waals surface area contributed by atoms with E-state index in [1.54, 1.807) is 6.20 Å². The monoisotopic (exact) mass is 331 g/mol. The third kappa shape index (κ3) is 3.69. The molecule has 4 heteroatoms. The molecule has 1 atom stereocenters. The topological polar surface area (TPSA) is 39.9 Å². The normalized spacial score (nSPS) is 17.8. The molecule has 4 rings (SSSR count). The van der Waals surface area contributed by atoms with Gasteiger partial charge in [-0.1, -0.05) is 24.3 Å². The van der Waals surface area contributed by atoms with Crippen molar-refractivity contribution in [2.24, 2.45) is 0 Å². The van der Waals surface area contributed by atoms with Crippen LogP contribution in [0.25, 0.3) is 17.8 Å². The molecule has 0 aliphatic carbocycles. The number of imidazole rings is 1. The summed E-state index contributed by atoms with van der Waals surface area (Å²) < 4.78 is 8.02. The summed E-state index contributed by atoms with van der Waals surface area (Å²) in [4.78, 5) is 8.83. The van der Waals surface area contributed by atoms with Gasteiger partial charge in [0, 0.05) is 30.9 Å². The van der Waals surface area contributed by atoms with E-state index < -0.39 is 0 Å². The van der Waals surface area contributed by atoms with Gasteiger partial charge in [-0.15, -0.1) is 0 Å².